The molecule has 140 valence electrons. The number of rotatable bonds is 5. The van der Waals surface area contributed by atoms with Gasteiger partial charge in [-0.2, -0.15) is 0 Å². The molecule has 2 aromatic heterocycles. The van der Waals surface area contributed by atoms with Gasteiger partial charge >= 0.3 is 0 Å². The average Bonchev–Trinajstić information content (AvgIpc) is 3.34. The third-order valence-corrected chi connectivity index (χ3v) is 5.12. The fourth-order valence-corrected chi connectivity index (χ4v) is 3.47. The van der Waals surface area contributed by atoms with Gasteiger partial charge in [-0.15, -0.1) is 11.3 Å². The topological polar surface area (TPSA) is 103 Å². The zero-order chi connectivity index (χ0) is 19.4. The summed E-state index contributed by atoms with van der Waals surface area (Å²) in [5.41, 5.74) is 5.20. The van der Waals surface area contributed by atoms with Gasteiger partial charge in [0.2, 0.25) is 0 Å². The quantitative estimate of drug-likeness (QED) is 0.577. The molecule has 0 aliphatic heterocycles. The van der Waals surface area contributed by atoms with Crippen LogP contribution in [0.3, 0.4) is 0 Å². The number of carbonyl (C=O) groups excluding carboxylic acids is 2. The highest BCUT2D eigenvalue weighted by Gasteiger charge is 2.18. The van der Waals surface area contributed by atoms with E-state index in [4.69, 9.17) is 14.0 Å². The Labute approximate surface area is 166 Å². The highest BCUT2D eigenvalue weighted by atomic mass is 79.9. The van der Waals surface area contributed by atoms with Gasteiger partial charge < -0.3 is 14.0 Å². The van der Waals surface area contributed by atoms with Gasteiger partial charge in [0.15, 0.2) is 11.5 Å². The van der Waals surface area contributed by atoms with Gasteiger partial charge in [-0.1, -0.05) is 5.16 Å². The number of aromatic nitrogens is 1. The normalized spacial score (nSPS) is 10.3. The van der Waals surface area contributed by atoms with Crippen LogP contribution in [0.25, 0.3) is 11.3 Å². The number of hydrazine groups is 1. The number of nitrogens with zero attached hydrogens (tertiary/aromatic N) is 1. The van der Waals surface area contributed by atoms with Gasteiger partial charge in [0.25, 0.3) is 11.8 Å². The molecule has 0 aliphatic rings. The molecule has 0 saturated carbocycles. The summed E-state index contributed by atoms with van der Waals surface area (Å²) < 4.78 is 16.5. The van der Waals surface area contributed by atoms with E-state index in [0.717, 1.165) is 3.79 Å². The number of nitrogens with one attached hydrogen (secondary N) is 2. The van der Waals surface area contributed by atoms with Gasteiger partial charge in [-0.05, 0) is 46.3 Å². The van der Waals surface area contributed by atoms with Crippen LogP contribution in [0.15, 0.2) is 44.7 Å². The summed E-state index contributed by atoms with van der Waals surface area (Å²) in [6.07, 6.45) is 0. The van der Waals surface area contributed by atoms with Crippen LogP contribution in [0, 0.1) is 0 Å². The molecule has 0 bridgehead atoms. The minimum atomic E-state index is -0.615. The van der Waals surface area contributed by atoms with E-state index in [1.54, 1.807) is 37.4 Å². The molecule has 0 unspecified atom stereocenters. The molecule has 0 atom stereocenters. The highest BCUT2D eigenvalue weighted by molar-refractivity contribution is 9.11. The minimum Gasteiger partial charge on any atom is -0.497 e. The lowest BCUT2D eigenvalue weighted by Gasteiger charge is -2.07. The standard InChI is InChI=1S/C17H14BrN3O5S/c1-24-9-3-4-12(25-2)10(7-9)13-8-11(21-26-13)16(22)19-20-17(23)14-5-6-15(18)27-14/h3-8H,1-2H3,(H,19,22)(H,20,23). The Hall–Kier alpha value is -2.85. The van der Waals surface area contributed by atoms with E-state index >= 15 is 0 Å². The first-order chi connectivity index (χ1) is 13.0. The summed E-state index contributed by atoms with van der Waals surface area (Å²) in [7, 11) is 3.06. The lowest BCUT2D eigenvalue weighted by molar-refractivity contribution is 0.0843. The van der Waals surface area contributed by atoms with Crippen LogP contribution in [0.4, 0.5) is 0 Å². The average molecular weight is 452 g/mol. The van der Waals surface area contributed by atoms with E-state index in [1.807, 2.05) is 0 Å². The second-order valence-corrected chi connectivity index (χ2v) is 7.62. The molecule has 0 fully saturated rings. The molecule has 1 aromatic carbocycles. The van der Waals surface area contributed by atoms with E-state index in [9.17, 15) is 9.59 Å². The second-order valence-electron chi connectivity index (χ2n) is 5.15. The van der Waals surface area contributed by atoms with Crippen molar-refractivity contribution < 1.29 is 23.6 Å². The van der Waals surface area contributed by atoms with Crippen LogP contribution < -0.4 is 20.3 Å². The molecule has 2 amide bonds. The molecule has 8 nitrogen and oxygen atoms in total. The monoisotopic (exact) mass is 451 g/mol. The SMILES string of the molecule is COc1ccc(OC)c(-c2cc(C(=O)NNC(=O)c3ccc(Br)s3)no2)c1. The molecule has 3 aromatic rings. The highest BCUT2D eigenvalue weighted by Crippen LogP contribution is 2.33. The lowest BCUT2D eigenvalue weighted by atomic mass is 10.1. The van der Waals surface area contributed by atoms with Crippen molar-refractivity contribution in [2.45, 2.75) is 0 Å². The maximum atomic E-state index is 12.2. The van der Waals surface area contributed by atoms with Gasteiger partial charge in [0.05, 0.1) is 28.4 Å². The third-order valence-electron chi connectivity index (χ3n) is 3.50. The number of carbonyl (C=O) groups is 2. The molecule has 0 aliphatic carbocycles. The number of ether oxygens (including phenoxy) is 2. The molecular formula is C17H14BrN3O5S. The Kier molecular flexibility index (Phi) is 5.77. The van der Waals surface area contributed by atoms with Gasteiger partial charge in [-0.25, -0.2) is 0 Å². The van der Waals surface area contributed by atoms with Crippen LogP contribution in [-0.4, -0.2) is 31.2 Å². The van der Waals surface area contributed by atoms with Crippen molar-refractivity contribution in [2.24, 2.45) is 0 Å². The fourth-order valence-electron chi connectivity index (χ4n) is 2.19. The Morgan fingerprint density at radius 1 is 1.07 bits per heavy atom. The fraction of sp³-hybridized carbons (Fsp3) is 0.118. The summed E-state index contributed by atoms with van der Waals surface area (Å²) in [6, 6.07) is 9.99. The number of amides is 2. The van der Waals surface area contributed by atoms with E-state index in [1.165, 1.54) is 24.5 Å². The number of hydrogen-bond donors (Lipinski definition) is 2. The first-order valence-electron chi connectivity index (χ1n) is 7.57. The number of methoxy groups -OCH3 is 2. The first-order valence-corrected chi connectivity index (χ1v) is 9.18. The van der Waals surface area contributed by atoms with Crippen molar-refractivity contribution in [3.05, 3.63) is 50.8 Å². The summed E-state index contributed by atoms with van der Waals surface area (Å²) in [6.45, 7) is 0. The summed E-state index contributed by atoms with van der Waals surface area (Å²) >= 11 is 4.52. The van der Waals surface area contributed by atoms with Gasteiger partial charge in [0.1, 0.15) is 11.5 Å². The maximum absolute atomic E-state index is 12.2. The summed E-state index contributed by atoms with van der Waals surface area (Å²) in [5, 5.41) is 3.74. The molecular weight excluding hydrogens is 438 g/mol. The van der Waals surface area contributed by atoms with Crippen LogP contribution in [-0.2, 0) is 0 Å². The predicted octanol–water partition coefficient (Wildman–Crippen LogP) is 3.26. The number of hydrogen-bond acceptors (Lipinski definition) is 7. The molecule has 0 spiro atoms. The van der Waals surface area contributed by atoms with Crippen molar-refractivity contribution in [1.82, 2.24) is 16.0 Å². The molecule has 3 rings (SSSR count). The van der Waals surface area contributed by atoms with Crippen LogP contribution in [0.5, 0.6) is 11.5 Å². The van der Waals surface area contributed by atoms with Crippen molar-refractivity contribution in [1.29, 1.82) is 0 Å². The van der Waals surface area contributed by atoms with Crippen molar-refractivity contribution in [3.63, 3.8) is 0 Å². The second kappa shape index (κ2) is 8.23. The zero-order valence-corrected chi connectivity index (χ0v) is 16.6. The van der Waals surface area contributed by atoms with E-state index in [-0.39, 0.29) is 5.69 Å². The lowest BCUT2D eigenvalue weighted by Crippen LogP contribution is -2.41. The Balaban J connectivity index is 1.72. The summed E-state index contributed by atoms with van der Waals surface area (Å²) in [4.78, 5) is 24.6. The van der Waals surface area contributed by atoms with Gasteiger partial charge in [-0.3, -0.25) is 20.4 Å². The number of thiophene rings is 1. The molecule has 0 saturated heterocycles. The van der Waals surface area contributed by atoms with Crippen molar-refractivity contribution in [3.8, 4) is 22.8 Å². The minimum absolute atomic E-state index is 0.00235. The maximum Gasteiger partial charge on any atom is 0.291 e. The Morgan fingerprint density at radius 2 is 1.85 bits per heavy atom. The van der Waals surface area contributed by atoms with Crippen LogP contribution in [0.1, 0.15) is 20.2 Å². The molecule has 2 heterocycles. The predicted molar refractivity (Wildman–Crippen MR) is 102 cm³/mol. The van der Waals surface area contributed by atoms with E-state index < -0.39 is 11.8 Å². The van der Waals surface area contributed by atoms with Gasteiger partial charge in [0, 0.05) is 6.07 Å². The summed E-state index contributed by atoms with van der Waals surface area (Å²) in [5.74, 6) is 0.413. The number of halogens is 1. The van der Waals surface area contributed by atoms with Crippen molar-refractivity contribution >= 4 is 39.1 Å². The van der Waals surface area contributed by atoms with Crippen molar-refractivity contribution in [2.75, 3.05) is 14.2 Å². The van der Waals surface area contributed by atoms with E-state index in [0.29, 0.717) is 27.7 Å². The zero-order valence-electron chi connectivity index (χ0n) is 14.2. The molecule has 2 N–H and O–H groups in total. The van der Waals surface area contributed by atoms with Crippen LogP contribution in [0.2, 0.25) is 0 Å². The smallest absolute Gasteiger partial charge is 0.291 e. The molecule has 0 radical (unpaired) electrons. The Morgan fingerprint density at radius 3 is 2.52 bits per heavy atom. The number of benzene rings is 1. The van der Waals surface area contributed by atoms with Crippen LogP contribution >= 0.6 is 27.3 Å². The van der Waals surface area contributed by atoms with E-state index in [2.05, 4.69) is 31.9 Å². The first kappa shape index (κ1) is 18.9. The third kappa shape index (κ3) is 4.29. The molecule has 10 heteroatoms. The largest absolute Gasteiger partial charge is 0.497 e. The molecule has 27 heavy (non-hydrogen) atoms. The Bertz CT molecular complexity index is 985.